The first-order valence-corrected chi connectivity index (χ1v) is 11.2. The zero-order valence-electron chi connectivity index (χ0n) is 20.1. The Bertz CT molecular complexity index is 718. The third-order valence-electron chi connectivity index (χ3n) is 4.80. The number of Topliss-reactive ketones (excluding diaryl/α,β-unsaturated/α-hetero) is 1. The van der Waals surface area contributed by atoms with Gasteiger partial charge in [0, 0.05) is 12.5 Å². The van der Waals surface area contributed by atoms with Crippen molar-refractivity contribution in [2.75, 3.05) is 13.2 Å². The number of hydrogen-bond donors (Lipinski definition) is 1. The number of carbonyl (C=O) groups excluding carboxylic acids is 3. The van der Waals surface area contributed by atoms with E-state index < -0.39 is 29.5 Å². The number of benzene rings is 1. The molecule has 1 rings (SSSR count). The molecule has 0 aliphatic carbocycles. The van der Waals surface area contributed by atoms with E-state index in [-0.39, 0.29) is 12.4 Å². The Balaban J connectivity index is 2.75. The van der Waals surface area contributed by atoms with Crippen LogP contribution in [0.3, 0.4) is 0 Å². The molecule has 0 bridgehead atoms. The van der Waals surface area contributed by atoms with Crippen molar-refractivity contribution in [3.8, 4) is 0 Å². The first kappa shape index (κ1) is 26.7. The molecular formula is C25H39NO5. The van der Waals surface area contributed by atoms with Gasteiger partial charge < -0.3 is 14.8 Å². The average Bonchev–Trinajstić information content (AvgIpc) is 2.66. The van der Waals surface area contributed by atoms with E-state index >= 15 is 0 Å². The lowest BCUT2D eigenvalue weighted by Gasteiger charge is -2.21. The smallest absolute Gasteiger partial charge is 0.407 e. The average molecular weight is 434 g/mol. The molecule has 0 heterocycles. The minimum Gasteiger partial charge on any atom is -0.465 e. The molecule has 2 atom stereocenters. The lowest BCUT2D eigenvalue weighted by molar-refractivity contribution is -0.152. The molecule has 6 nitrogen and oxygen atoms in total. The van der Waals surface area contributed by atoms with Gasteiger partial charge in [0.25, 0.3) is 0 Å². The summed E-state index contributed by atoms with van der Waals surface area (Å²) in [5.41, 5.74) is 1.54. The maximum Gasteiger partial charge on any atom is 0.407 e. The van der Waals surface area contributed by atoms with Crippen molar-refractivity contribution in [3.05, 3.63) is 35.4 Å². The Kier molecular flexibility index (Phi) is 10.7. The molecule has 1 amide bonds. The number of alkyl carbamates (subject to hydrolysis) is 1. The highest BCUT2D eigenvalue weighted by Gasteiger charge is 2.31. The second kappa shape index (κ2) is 12.5. The standard InChI is InChI=1S/C25H39NO5/c1-8-30-23(28)21(10-9-15-26-24(29)31-25(5,6)7)22(27)18(4)20-13-11-19(12-14-20)16-17(2)3/h11-14,17-18,21H,8-10,15-16H2,1-7H3,(H,26,29)/t18-,21+/m1/s1. The van der Waals surface area contributed by atoms with E-state index in [0.717, 1.165) is 12.0 Å². The summed E-state index contributed by atoms with van der Waals surface area (Å²) in [6.07, 6.45) is 1.25. The normalized spacial score (nSPS) is 13.4. The largest absolute Gasteiger partial charge is 0.465 e. The fourth-order valence-electron chi connectivity index (χ4n) is 3.31. The second-order valence-corrected chi connectivity index (χ2v) is 9.34. The predicted molar refractivity (Wildman–Crippen MR) is 122 cm³/mol. The summed E-state index contributed by atoms with van der Waals surface area (Å²) in [6.45, 7) is 13.8. The van der Waals surface area contributed by atoms with Crippen molar-refractivity contribution in [1.82, 2.24) is 5.32 Å². The van der Waals surface area contributed by atoms with Crippen molar-refractivity contribution in [1.29, 1.82) is 0 Å². The third-order valence-corrected chi connectivity index (χ3v) is 4.80. The van der Waals surface area contributed by atoms with Gasteiger partial charge in [-0.1, -0.05) is 45.0 Å². The van der Waals surface area contributed by atoms with Gasteiger partial charge in [0.2, 0.25) is 0 Å². The fourth-order valence-corrected chi connectivity index (χ4v) is 3.31. The van der Waals surface area contributed by atoms with Gasteiger partial charge in [-0.25, -0.2) is 4.79 Å². The van der Waals surface area contributed by atoms with Crippen LogP contribution in [0.1, 0.15) is 78.4 Å². The van der Waals surface area contributed by atoms with E-state index in [0.29, 0.717) is 25.3 Å². The summed E-state index contributed by atoms with van der Waals surface area (Å²) < 4.78 is 10.3. The lowest BCUT2D eigenvalue weighted by atomic mass is 9.85. The van der Waals surface area contributed by atoms with Crippen molar-refractivity contribution >= 4 is 17.8 Å². The highest BCUT2D eigenvalue weighted by molar-refractivity contribution is 6.02. The molecule has 0 aromatic heterocycles. The van der Waals surface area contributed by atoms with Gasteiger partial charge in [-0.2, -0.15) is 0 Å². The van der Waals surface area contributed by atoms with Crippen LogP contribution >= 0.6 is 0 Å². The van der Waals surface area contributed by atoms with Crippen LogP contribution in [0.25, 0.3) is 0 Å². The number of esters is 1. The van der Waals surface area contributed by atoms with Crippen LogP contribution in [-0.4, -0.2) is 36.6 Å². The Morgan fingerprint density at radius 3 is 2.16 bits per heavy atom. The molecule has 0 saturated heterocycles. The van der Waals surface area contributed by atoms with Crippen molar-refractivity contribution < 1.29 is 23.9 Å². The summed E-state index contributed by atoms with van der Waals surface area (Å²) >= 11 is 0. The van der Waals surface area contributed by atoms with E-state index in [2.05, 4.69) is 19.2 Å². The molecular weight excluding hydrogens is 394 g/mol. The molecule has 6 heteroatoms. The summed E-state index contributed by atoms with van der Waals surface area (Å²) in [5, 5.41) is 2.66. The molecule has 0 spiro atoms. The highest BCUT2D eigenvalue weighted by Crippen LogP contribution is 2.24. The molecule has 0 fully saturated rings. The molecule has 31 heavy (non-hydrogen) atoms. The number of ether oxygens (including phenoxy) is 2. The van der Waals surface area contributed by atoms with Crippen LogP contribution < -0.4 is 5.32 Å². The monoisotopic (exact) mass is 433 g/mol. The lowest BCUT2D eigenvalue weighted by Crippen LogP contribution is -2.34. The quantitative estimate of drug-likeness (QED) is 0.300. The zero-order valence-corrected chi connectivity index (χ0v) is 20.1. The molecule has 1 aromatic rings. The summed E-state index contributed by atoms with van der Waals surface area (Å²) in [5.74, 6) is -1.38. The van der Waals surface area contributed by atoms with Gasteiger partial charge in [-0.15, -0.1) is 0 Å². The van der Waals surface area contributed by atoms with E-state index in [9.17, 15) is 14.4 Å². The number of amides is 1. The first-order valence-electron chi connectivity index (χ1n) is 11.2. The number of carbonyl (C=O) groups is 3. The van der Waals surface area contributed by atoms with E-state index in [1.807, 2.05) is 31.2 Å². The summed E-state index contributed by atoms with van der Waals surface area (Å²) in [7, 11) is 0. The topological polar surface area (TPSA) is 81.7 Å². The van der Waals surface area contributed by atoms with E-state index in [1.54, 1.807) is 27.7 Å². The maximum absolute atomic E-state index is 13.1. The van der Waals surface area contributed by atoms with Gasteiger partial charge >= 0.3 is 12.1 Å². The van der Waals surface area contributed by atoms with Crippen LogP contribution in [0.15, 0.2) is 24.3 Å². The summed E-state index contributed by atoms with van der Waals surface area (Å²) in [4.78, 5) is 37.4. The van der Waals surface area contributed by atoms with E-state index in [1.165, 1.54) is 5.56 Å². The van der Waals surface area contributed by atoms with Gasteiger partial charge in [-0.3, -0.25) is 9.59 Å². The fraction of sp³-hybridized carbons (Fsp3) is 0.640. The number of ketones is 1. The minimum atomic E-state index is -0.856. The molecule has 1 aromatic carbocycles. The van der Waals surface area contributed by atoms with Gasteiger partial charge in [0.15, 0.2) is 5.78 Å². The SMILES string of the molecule is CCOC(=O)[C@@H](CCCNC(=O)OC(C)(C)C)C(=O)[C@H](C)c1ccc(CC(C)C)cc1. The van der Waals surface area contributed by atoms with Gasteiger partial charge in [-0.05, 0) is 64.0 Å². The van der Waals surface area contributed by atoms with Crippen LogP contribution in [0, 0.1) is 11.8 Å². The van der Waals surface area contributed by atoms with Crippen molar-refractivity contribution in [2.45, 2.75) is 79.2 Å². The number of rotatable bonds is 11. The van der Waals surface area contributed by atoms with Crippen LogP contribution in [0.2, 0.25) is 0 Å². The molecule has 0 aliphatic rings. The number of nitrogens with one attached hydrogen (secondary N) is 1. The molecule has 174 valence electrons. The Morgan fingerprint density at radius 2 is 1.65 bits per heavy atom. The van der Waals surface area contributed by atoms with Crippen molar-refractivity contribution in [3.63, 3.8) is 0 Å². The molecule has 0 saturated carbocycles. The zero-order chi connectivity index (χ0) is 23.6. The van der Waals surface area contributed by atoms with Gasteiger partial charge in [0.1, 0.15) is 11.5 Å². The first-order chi connectivity index (χ1) is 14.4. The number of hydrogen-bond acceptors (Lipinski definition) is 5. The Labute approximate surface area is 187 Å². The molecule has 0 radical (unpaired) electrons. The maximum atomic E-state index is 13.1. The van der Waals surface area contributed by atoms with Crippen LogP contribution in [0.4, 0.5) is 4.79 Å². The van der Waals surface area contributed by atoms with Crippen LogP contribution in [0.5, 0.6) is 0 Å². The highest BCUT2D eigenvalue weighted by atomic mass is 16.6. The molecule has 0 aliphatic heterocycles. The minimum absolute atomic E-state index is 0.160. The molecule has 0 unspecified atom stereocenters. The Hall–Kier alpha value is -2.37. The van der Waals surface area contributed by atoms with Gasteiger partial charge in [0.05, 0.1) is 6.61 Å². The molecule has 1 N–H and O–H groups in total. The summed E-state index contributed by atoms with van der Waals surface area (Å²) in [6, 6.07) is 8.02. The third kappa shape index (κ3) is 9.99. The van der Waals surface area contributed by atoms with Crippen molar-refractivity contribution in [2.24, 2.45) is 11.8 Å². The predicted octanol–water partition coefficient (Wildman–Crippen LogP) is 5.04. The van der Waals surface area contributed by atoms with E-state index in [4.69, 9.17) is 9.47 Å². The Morgan fingerprint density at radius 1 is 1.03 bits per heavy atom. The second-order valence-electron chi connectivity index (χ2n) is 9.34. The van der Waals surface area contributed by atoms with Crippen LogP contribution in [-0.2, 0) is 25.5 Å².